The van der Waals surface area contributed by atoms with Gasteiger partial charge < -0.3 is 9.84 Å². The zero-order valence-electron chi connectivity index (χ0n) is 7.82. The van der Waals surface area contributed by atoms with Crippen molar-refractivity contribution in [1.82, 2.24) is 0 Å². The maximum atomic E-state index is 8.80. The highest BCUT2D eigenvalue weighted by atomic mass is 32.2. The van der Waals surface area contributed by atoms with Crippen LogP contribution in [0.25, 0.3) is 0 Å². The predicted molar refractivity (Wildman–Crippen MR) is 52.6 cm³/mol. The fraction of sp³-hybridized carbons (Fsp3) is 1.00. The van der Waals surface area contributed by atoms with Crippen LogP contribution in [0.15, 0.2) is 0 Å². The molecule has 3 heteroatoms. The van der Waals surface area contributed by atoms with Crippen molar-refractivity contribution in [2.45, 2.75) is 44.1 Å². The lowest BCUT2D eigenvalue weighted by molar-refractivity contribution is 0.0699. The van der Waals surface area contributed by atoms with Crippen molar-refractivity contribution >= 4 is 11.8 Å². The van der Waals surface area contributed by atoms with E-state index in [1.54, 1.807) is 11.8 Å². The molecule has 0 radical (unpaired) electrons. The molecule has 0 amide bonds. The standard InChI is InChI=1S/C9H18O2S/c1-7-3-4-9(11-7)6-12-8(2)5-10/h7-10H,3-6H2,1-2H3. The second kappa shape index (κ2) is 5.10. The van der Waals surface area contributed by atoms with E-state index in [1.807, 2.05) is 6.92 Å². The first-order valence-corrected chi connectivity index (χ1v) is 5.65. The Hall–Kier alpha value is 0.270. The molecule has 0 bridgehead atoms. The fourth-order valence-corrected chi connectivity index (χ4v) is 2.23. The highest BCUT2D eigenvalue weighted by Gasteiger charge is 2.21. The second-order valence-corrected chi connectivity index (χ2v) is 4.94. The third-order valence-corrected chi connectivity index (χ3v) is 3.43. The first kappa shape index (κ1) is 10.4. The molecule has 3 unspecified atom stereocenters. The Morgan fingerprint density at radius 1 is 1.58 bits per heavy atom. The van der Waals surface area contributed by atoms with Crippen molar-refractivity contribution in [3.05, 3.63) is 0 Å². The molecule has 3 atom stereocenters. The lowest BCUT2D eigenvalue weighted by atomic mass is 10.2. The van der Waals surface area contributed by atoms with Crippen LogP contribution in [0.3, 0.4) is 0 Å². The Balaban J connectivity index is 2.07. The summed E-state index contributed by atoms with van der Waals surface area (Å²) >= 11 is 1.80. The van der Waals surface area contributed by atoms with Gasteiger partial charge in [-0.05, 0) is 19.8 Å². The molecule has 0 aromatic heterocycles. The van der Waals surface area contributed by atoms with Crippen LogP contribution in [0.5, 0.6) is 0 Å². The van der Waals surface area contributed by atoms with Crippen LogP contribution in [0, 0.1) is 0 Å². The van der Waals surface area contributed by atoms with Gasteiger partial charge >= 0.3 is 0 Å². The summed E-state index contributed by atoms with van der Waals surface area (Å²) in [5.74, 6) is 1.03. The number of hydrogen-bond acceptors (Lipinski definition) is 3. The van der Waals surface area contributed by atoms with Gasteiger partial charge in [0.25, 0.3) is 0 Å². The predicted octanol–water partition coefficient (Wildman–Crippen LogP) is 1.67. The van der Waals surface area contributed by atoms with Crippen molar-refractivity contribution in [3.63, 3.8) is 0 Å². The minimum atomic E-state index is 0.271. The lowest BCUT2D eigenvalue weighted by Crippen LogP contribution is -2.14. The zero-order chi connectivity index (χ0) is 8.97. The van der Waals surface area contributed by atoms with E-state index in [-0.39, 0.29) is 6.61 Å². The average molecular weight is 190 g/mol. The lowest BCUT2D eigenvalue weighted by Gasteiger charge is -2.13. The summed E-state index contributed by atoms with van der Waals surface area (Å²) in [5, 5.41) is 9.15. The summed E-state index contributed by atoms with van der Waals surface area (Å²) in [4.78, 5) is 0. The molecular weight excluding hydrogens is 172 g/mol. The van der Waals surface area contributed by atoms with Crippen LogP contribution >= 0.6 is 11.8 Å². The van der Waals surface area contributed by atoms with Crippen molar-refractivity contribution in [2.75, 3.05) is 12.4 Å². The van der Waals surface area contributed by atoms with E-state index in [2.05, 4.69) is 6.92 Å². The van der Waals surface area contributed by atoms with Gasteiger partial charge in [-0.1, -0.05) is 6.92 Å². The van der Waals surface area contributed by atoms with E-state index >= 15 is 0 Å². The van der Waals surface area contributed by atoms with Crippen molar-refractivity contribution in [3.8, 4) is 0 Å². The fourth-order valence-electron chi connectivity index (χ4n) is 1.33. The quantitative estimate of drug-likeness (QED) is 0.731. The van der Waals surface area contributed by atoms with Gasteiger partial charge in [-0.2, -0.15) is 11.8 Å². The van der Waals surface area contributed by atoms with Gasteiger partial charge in [0.2, 0.25) is 0 Å². The summed E-state index contributed by atoms with van der Waals surface area (Å²) in [6.07, 6.45) is 3.25. The highest BCUT2D eigenvalue weighted by molar-refractivity contribution is 7.99. The number of rotatable bonds is 4. The number of aliphatic hydroxyl groups is 1. The molecule has 0 spiro atoms. The van der Waals surface area contributed by atoms with E-state index in [4.69, 9.17) is 9.84 Å². The summed E-state index contributed by atoms with van der Waals surface area (Å²) in [6, 6.07) is 0. The molecule has 0 saturated carbocycles. The number of thioether (sulfide) groups is 1. The van der Waals surface area contributed by atoms with Crippen LogP contribution in [-0.4, -0.2) is 34.9 Å². The summed E-state index contributed by atoms with van der Waals surface area (Å²) < 4.78 is 5.65. The number of ether oxygens (including phenoxy) is 1. The van der Waals surface area contributed by atoms with E-state index in [1.165, 1.54) is 12.8 Å². The molecule has 1 saturated heterocycles. The third kappa shape index (κ3) is 3.33. The van der Waals surface area contributed by atoms with E-state index in [0.29, 0.717) is 17.5 Å². The van der Waals surface area contributed by atoms with E-state index < -0.39 is 0 Å². The number of hydrogen-bond donors (Lipinski definition) is 1. The molecular formula is C9H18O2S. The Labute approximate surface area is 78.7 Å². The molecule has 1 aliphatic heterocycles. The highest BCUT2D eigenvalue weighted by Crippen LogP contribution is 2.23. The Kier molecular flexibility index (Phi) is 4.40. The van der Waals surface area contributed by atoms with Crippen LogP contribution in [0.4, 0.5) is 0 Å². The summed E-state index contributed by atoms with van der Waals surface area (Å²) in [5.41, 5.74) is 0. The van der Waals surface area contributed by atoms with Crippen LogP contribution in [-0.2, 0) is 4.74 Å². The van der Waals surface area contributed by atoms with Gasteiger partial charge in [-0.25, -0.2) is 0 Å². The van der Waals surface area contributed by atoms with Crippen LogP contribution < -0.4 is 0 Å². The van der Waals surface area contributed by atoms with Crippen molar-refractivity contribution < 1.29 is 9.84 Å². The first-order valence-electron chi connectivity index (χ1n) is 4.60. The molecule has 0 aromatic rings. The van der Waals surface area contributed by atoms with E-state index in [9.17, 15) is 0 Å². The molecule has 72 valence electrons. The maximum Gasteiger partial charge on any atom is 0.0670 e. The maximum absolute atomic E-state index is 8.80. The van der Waals surface area contributed by atoms with Gasteiger partial charge in [0.1, 0.15) is 0 Å². The topological polar surface area (TPSA) is 29.5 Å². The summed E-state index contributed by atoms with van der Waals surface area (Å²) in [7, 11) is 0. The second-order valence-electron chi connectivity index (χ2n) is 3.47. The Morgan fingerprint density at radius 2 is 2.33 bits per heavy atom. The van der Waals surface area contributed by atoms with Gasteiger partial charge in [-0.15, -0.1) is 0 Å². The monoisotopic (exact) mass is 190 g/mol. The SMILES string of the molecule is CC1CCC(CSC(C)CO)O1. The van der Waals surface area contributed by atoms with Crippen molar-refractivity contribution in [2.24, 2.45) is 0 Å². The molecule has 1 fully saturated rings. The normalized spacial score (nSPS) is 32.2. The third-order valence-electron chi connectivity index (χ3n) is 2.14. The van der Waals surface area contributed by atoms with Gasteiger partial charge in [0, 0.05) is 11.0 Å². The summed E-state index contributed by atoms with van der Waals surface area (Å²) in [6.45, 7) is 4.44. The van der Waals surface area contributed by atoms with Gasteiger partial charge in [-0.3, -0.25) is 0 Å². The van der Waals surface area contributed by atoms with Crippen LogP contribution in [0.1, 0.15) is 26.7 Å². The molecule has 1 aliphatic rings. The molecule has 12 heavy (non-hydrogen) atoms. The minimum Gasteiger partial charge on any atom is -0.395 e. The largest absolute Gasteiger partial charge is 0.395 e. The van der Waals surface area contributed by atoms with Gasteiger partial charge in [0.15, 0.2) is 0 Å². The minimum absolute atomic E-state index is 0.271. The molecule has 1 rings (SSSR count). The first-order chi connectivity index (χ1) is 5.72. The molecule has 2 nitrogen and oxygen atoms in total. The van der Waals surface area contributed by atoms with E-state index in [0.717, 1.165) is 5.75 Å². The van der Waals surface area contributed by atoms with Crippen LogP contribution in [0.2, 0.25) is 0 Å². The Bertz CT molecular complexity index is 130. The van der Waals surface area contributed by atoms with Crippen molar-refractivity contribution in [1.29, 1.82) is 0 Å². The zero-order valence-corrected chi connectivity index (χ0v) is 8.64. The molecule has 0 aliphatic carbocycles. The average Bonchev–Trinajstić information content (AvgIpc) is 2.47. The molecule has 1 heterocycles. The Morgan fingerprint density at radius 3 is 2.83 bits per heavy atom. The molecule has 1 N–H and O–H groups in total. The smallest absolute Gasteiger partial charge is 0.0670 e. The number of aliphatic hydroxyl groups excluding tert-OH is 1. The van der Waals surface area contributed by atoms with Gasteiger partial charge in [0.05, 0.1) is 18.8 Å². The molecule has 0 aromatic carbocycles.